The van der Waals surface area contributed by atoms with Crippen molar-refractivity contribution >= 4 is 34.8 Å². The zero-order chi connectivity index (χ0) is 25.5. The second kappa shape index (κ2) is 11.9. The molecule has 2 N–H and O–H groups in total. The number of benzene rings is 3. The van der Waals surface area contributed by atoms with Gasteiger partial charge in [0, 0.05) is 32.1 Å². The number of rotatable bonds is 6. The molecule has 0 aliphatic carbocycles. The van der Waals surface area contributed by atoms with Crippen LogP contribution in [0.5, 0.6) is 0 Å². The molecule has 1 fully saturated rings. The fourth-order valence-corrected chi connectivity index (χ4v) is 4.64. The van der Waals surface area contributed by atoms with Crippen LogP contribution in [0.2, 0.25) is 0 Å². The predicted molar refractivity (Wildman–Crippen MR) is 148 cm³/mol. The molecule has 186 valence electrons. The second-order valence-corrected chi connectivity index (χ2v) is 9.60. The third-order valence-corrected chi connectivity index (χ3v) is 6.57. The number of thiocarbonyl (C=S) groups is 1. The number of para-hydroxylation sites is 1. The fraction of sp³-hybridized carbons (Fsp3) is 0.276. The quantitative estimate of drug-likeness (QED) is 0.480. The Hall–Kier alpha value is -3.55. The lowest BCUT2D eigenvalue weighted by molar-refractivity contribution is -0.122. The Labute approximate surface area is 218 Å². The van der Waals surface area contributed by atoms with Crippen molar-refractivity contribution in [2.24, 2.45) is 5.92 Å². The van der Waals surface area contributed by atoms with E-state index in [0.717, 1.165) is 13.1 Å². The molecule has 0 aromatic heterocycles. The van der Waals surface area contributed by atoms with E-state index >= 15 is 0 Å². The fourth-order valence-electron chi connectivity index (χ4n) is 4.43. The number of piperazine rings is 1. The number of carbonyl (C=O) groups is 2. The third kappa shape index (κ3) is 6.17. The first-order chi connectivity index (χ1) is 17.4. The molecule has 0 atom stereocenters. The van der Waals surface area contributed by atoms with Crippen molar-refractivity contribution in [3.05, 3.63) is 102 Å². The van der Waals surface area contributed by atoms with Crippen LogP contribution in [0.1, 0.15) is 41.4 Å². The van der Waals surface area contributed by atoms with Crippen molar-refractivity contribution in [1.29, 1.82) is 0 Å². The lowest BCUT2D eigenvalue weighted by Gasteiger charge is -2.40. The largest absolute Gasteiger partial charge is 0.336 e. The van der Waals surface area contributed by atoms with E-state index in [0.29, 0.717) is 24.3 Å². The highest BCUT2D eigenvalue weighted by Gasteiger charge is 2.29. The summed E-state index contributed by atoms with van der Waals surface area (Å²) in [5.41, 5.74) is 3.62. The maximum absolute atomic E-state index is 13.5. The van der Waals surface area contributed by atoms with Gasteiger partial charge in [0.1, 0.15) is 0 Å². The number of nitrogens with zero attached hydrogens (tertiary/aromatic N) is 2. The number of nitrogens with one attached hydrogen (secondary N) is 2. The van der Waals surface area contributed by atoms with Crippen LogP contribution in [0.25, 0.3) is 0 Å². The van der Waals surface area contributed by atoms with E-state index in [2.05, 4.69) is 64.1 Å². The summed E-state index contributed by atoms with van der Waals surface area (Å²) in [6, 6.07) is 28.4. The van der Waals surface area contributed by atoms with Gasteiger partial charge in [-0.3, -0.25) is 14.5 Å². The van der Waals surface area contributed by atoms with Crippen LogP contribution in [-0.4, -0.2) is 52.9 Å². The van der Waals surface area contributed by atoms with Gasteiger partial charge in [-0.1, -0.05) is 86.6 Å². The van der Waals surface area contributed by atoms with Gasteiger partial charge in [-0.15, -0.1) is 0 Å². The van der Waals surface area contributed by atoms with Gasteiger partial charge in [0.25, 0.3) is 5.91 Å². The molecule has 3 aromatic carbocycles. The molecular weight excluding hydrogens is 468 g/mol. The summed E-state index contributed by atoms with van der Waals surface area (Å²) >= 11 is 5.30. The number of hydrogen-bond acceptors (Lipinski definition) is 4. The zero-order valence-electron chi connectivity index (χ0n) is 20.7. The molecule has 2 amide bonds. The average Bonchev–Trinajstić information content (AvgIpc) is 2.90. The van der Waals surface area contributed by atoms with Gasteiger partial charge in [0.15, 0.2) is 5.11 Å². The Morgan fingerprint density at radius 1 is 0.778 bits per heavy atom. The van der Waals surface area contributed by atoms with Gasteiger partial charge < -0.3 is 15.5 Å². The zero-order valence-corrected chi connectivity index (χ0v) is 21.5. The molecule has 1 heterocycles. The van der Waals surface area contributed by atoms with Gasteiger partial charge >= 0.3 is 0 Å². The molecule has 0 spiro atoms. The maximum Gasteiger partial charge on any atom is 0.256 e. The van der Waals surface area contributed by atoms with Crippen LogP contribution < -0.4 is 10.6 Å². The number of amides is 2. The summed E-state index contributed by atoms with van der Waals surface area (Å²) in [5.74, 6) is -0.404. The Balaban J connectivity index is 1.46. The molecule has 36 heavy (non-hydrogen) atoms. The summed E-state index contributed by atoms with van der Waals surface area (Å²) in [5, 5.41) is 5.89. The molecule has 0 radical (unpaired) electrons. The second-order valence-electron chi connectivity index (χ2n) is 9.20. The molecule has 1 aliphatic rings. The molecule has 7 heteroatoms. The van der Waals surface area contributed by atoms with E-state index in [-0.39, 0.29) is 28.9 Å². The molecule has 3 aromatic rings. The van der Waals surface area contributed by atoms with Crippen LogP contribution in [0.15, 0.2) is 84.9 Å². The highest BCUT2D eigenvalue weighted by atomic mass is 32.1. The smallest absolute Gasteiger partial charge is 0.256 e. The minimum absolute atomic E-state index is 0.0493. The highest BCUT2D eigenvalue weighted by Crippen LogP contribution is 2.30. The highest BCUT2D eigenvalue weighted by molar-refractivity contribution is 7.80. The van der Waals surface area contributed by atoms with Crippen molar-refractivity contribution in [3.63, 3.8) is 0 Å². The summed E-state index contributed by atoms with van der Waals surface area (Å²) in [7, 11) is 0. The van der Waals surface area contributed by atoms with Crippen LogP contribution >= 0.6 is 12.2 Å². The Bertz CT molecular complexity index is 1150. The monoisotopic (exact) mass is 500 g/mol. The first-order valence-electron chi connectivity index (χ1n) is 12.3. The third-order valence-electron chi connectivity index (χ3n) is 6.36. The number of carbonyl (C=O) groups excluding carboxylic acids is 2. The van der Waals surface area contributed by atoms with E-state index < -0.39 is 0 Å². The van der Waals surface area contributed by atoms with Crippen molar-refractivity contribution in [1.82, 2.24) is 15.1 Å². The Morgan fingerprint density at radius 2 is 1.31 bits per heavy atom. The van der Waals surface area contributed by atoms with E-state index in [9.17, 15) is 9.59 Å². The van der Waals surface area contributed by atoms with Crippen molar-refractivity contribution in [2.75, 3.05) is 31.5 Å². The summed E-state index contributed by atoms with van der Waals surface area (Å²) in [6.07, 6.45) is 0. The van der Waals surface area contributed by atoms with E-state index in [1.807, 2.05) is 29.2 Å². The van der Waals surface area contributed by atoms with Crippen LogP contribution in [0.3, 0.4) is 0 Å². The van der Waals surface area contributed by atoms with Gasteiger partial charge in [0.2, 0.25) is 5.91 Å². The molecule has 0 unspecified atom stereocenters. The van der Waals surface area contributed by atoms with E-state index in [1.54, 1.807) is 26.0 Å². The summed E-state index contributed by atoms with van der Waals surface area (Å²) < 4.78 is 0. The molecular formula is C29H32N4O2S. The van der Waals surface area contributed by atoms with Gasteiger partial charge in [-0.25, -0.2) is 0 Å². The lowest BCUT2D eigenvalue weighted by atomic mass is 9.96. The molecule has 4 rings (SSSR count). The summed E-state index contributed by atoms with van der Waals surface area (Å²) in [4.78, 5) is 29.8. The van der Waals surface area contributed by atoms with Crippen LogP contribution in [0.4, 0.5) is 5.69 Å². The van der Waals surface area contributed by atoms with Crippen LogP contribution in [-0.2, 0) is 4.79 Å². The SMILES string of the molecule is CC(C)C(=O)NC(=S)Nc1ccccc1C(=O)N1CCN(C(c2ccccc2)c2ccccc2)CC1. The molecule has 1 aliphatic heterocycles. The Kier molecular flexibility index (Phi) is 8.46. The molecule has 6 nitrogen and oxygen atoms in total. The van der Waals surface area contributed by atoms with E-state index in [4.69, 9.17) is 12.2 Å². The van der Waals surface area contributed by atoms with Crippen molar-refractivity contribution in [2.45, 2.75) is 19.9 Å². The lowest BCUT2D eigenvalue weighted by Crippen LogP contribution is -2.50. The van der Waals surface area contributed by atoms with Gasteiger partial charge in [-0.05, 0) is 35.5 Å². The first-order valence-corrected chi connectivity index (χ1v) is 12.7. The maximum atomic E-state index is 13.5. The standard InChI is InChI=1S/C29H32N4O2S/c1-21(2)27(34)31-29(36)30-25-16-10-9-15-24(25)28(35)33-19-17-32(18-20-33)26(22-11-5-3-6-12-22)23-13-7-4-8-14-23/h3-16,21,26H,17-20H2,1-2H3,(H2,30,31,34,36). The molecule has 0 saturated carbocycles. The minimum atomic E-state index is -0.187. The molecule has 0 bridgehead atoms. The van der Waals surface area contributed by atoms with Crippen molar-refractivity contribution < 1.29 is 9.59 Å². The van der Waals surface area contributed by atoms with Crippen LogP contribution in [0, 0.1) is 5.92 Å². The number of anilines is 1. The first kappa shape index (κ1) is 25.5. The number of hydrogen-bond donors (Lipinski definition) is 2. The summed E-state index contributed by atoms with van der Waals surface area (Å²) in [6.45, 7) is 6.37. The topological polar surface area (TPSA) is 64.7 Å². The molecule has 1 saturated heterocycles. The average molecular weight is 501 g/mol. The van der Waals surface area contributed by atoms with E-state index in [1.165, 1.54) is 11.1 Å². The normalized spacial score (nSPS) is 14.1. The van der Waals surface area contributed by atoms with Gasteiger partial charge in [0.05, 0.1) is 17.3 Å². The predicted octanol–water partition coefficient (Wildman–Crippen LogP) is 4.70. The van der Waals surface area contributed by atoms with Crippen molar-refractivity contribution in [3.8, 4) is 0 Å². The minimum Gasteiger partial charge on any atom is -0.336 e. The van der Waals surface area contributed by atoms with Gasteiger partial charge in [-0.2, -0.15) is 0 Å². The Morgan fingerprint density at radius 3 is 1.86 bits per heavy atom.